The normalized spacial score (nSPS) is 24.6. The van der Waals surface area contributed by atoms with Gasteiger partial charge in [0.05, 0.1) is 6.10 Å². The maximum atomic E-state index is 6.27. The number of hydrogen-bond acceptors (Lipinski definition) is 2. The van der Waals surface area contributed by atoms with Crippen molar-refractivity contribution in [2.75, 3.05) is 13.2 Å². The summed E-state index contributed by atoms with van der Waals surface area (Å²) in [5.41, 5.74) is 1.11. The maximum Gasteiger partial charge on any atom is 0.0590 e. The molecule has 2 nitrogen and oxygen atoms in total. The third kappa shape index (κ3) is 3.85. The van der Waals surface area contributed by atoms with Gasteiger partial charge in [0, 0.05) is 28.6 Å². The van der Waals surface area contributed by atoms with Crippen molar-refractivity contribution in [1.29, 1.82) is 0 Å². The van der Waals surface area contributed by atoms with Crippen LogP contribution in [0.25, 0.3) is 0 Å². The third-order valence-corrected chi connectivity index (χ3v) is 4.47. The van der Waals surface area contributed by atoms with E-state index in [-0.39, 0.29) is 0 Å². The van der Waals surface area contributed by atoms with Crippen LogP contribution < -0.4 is 5.32 Å². The molecule has 2 rings (SSSR count). The van der Waals surface area contributed by atoms with E-state index in [0.29, 0.717) is 18.1 Å². The Labute approximate surface area is 125 Å². The summed E-state index contributed by atoms with van der Waals surface area (Å²) in [7, 11) is 0. The fraction of sp³-hybridized carbons (Fsp3) is 0.600. The summed E-state index contributed by atoms with van der Waals surface area (Å²) in [6.45, 7) is 6.09. The van der Waals surface area contributed by atoms with E-state index >= 15 is 0 Å². The van der Waals surface area contributed by atoms with Gasteiger partial charge in [0.25, 0.3) is 0 Å². The first-order chi connectivity index (χ1) is 9.11. The predicted molar refractivity (Wildman–Crippen MR) is 81.2 cm³/mol. The molecule has 1 saturated heterocycles. The van der Waals surface area contributed by atoms with Gasteiger partial charge in [-0.25, -0.2) is 0 Å². The molecular weight excluding hydrogens is 281 g/mol. The first-order valence-corrected chi connectivity index (χ1v) is 7.66. The number of nitrogens with one attached hydrogen (secondary N) is 1. The second-order valence-electron chi connectivity index (χ2n) is 5.13. The van der Waals surface area contributed by atoms with Crippen molar-refractivity contribution in [1.82, 2.24) is 5.32 Å². The summed E-state index contributed by atoms with van der Waals surface area (Å²) < 4.78 is 5.69. The fourth-order valence-electron chi connectivity index (χ4n) is 2.85. The van der Waals surface area contributed by atoms with E-state index in [1.807, 2.05) is 18.2 Å². The summed E-state index contributed by atoms with van der Waals surface area (Å²) in [6, 6.07) is 6.06. The van der Waals surface area contributed by atoms with Gasteiger partial charge >= 0.3 is 0 Å². The molecule has 0 saturated carbocycles. The van der Waals surface area contributed by atoms with E-state index in [0.717, 1.165) is 41.6 Å². The minimum absolute atomic E-state index is 0.307. The molecule has 4 heteroatoms. The molecule has 19 heavy (non-hydrogen) atoms. The van der Waals surface area contributed by atoms with E-state index < -0.39 is 0 Å². The van der Waals surface area contributed by atoms with Crippen molar-refractivity contribution in [2.24, 2.45) is 5.92 Å². The van der Waals surface area contributed by atoms with Crippen LogP contribution in [0.1, 0.15) is 25.8 Å². The lowest BCUT2D eigenvalue weighted by Crippen LogP contribution is -2.40. The van der Waals surface area contributed by atoms with Crippen LogP contribution in [0.15, 0.2) is 18.2 Å². The van der Waals surface area contributed by atoms with E-state index in [1.54, 1.807) is 0 Å². The molecule has 0 aromatic heterocycles. The summed E-state index contributed by atoms with van der Waals surface area (Å²) >= 11 is 12.3. The molecule has 0 amide bonds. The summed E-state index contributed by atoms with van der Waals surface area (Å²) in [4.78, 5) is 0. The SMILES string of the molecule is CCNC(Cc1cc(Cl)ccc1Cl)C1CCOC1C. The zero-order chi connectivity index (χ0) is 13.8. The molecule has 106 valence electrons. The van der Waals surface area contributed by atoms with E-state index in [1.165, 1.54) is 0 Å². The van der Waals surface area contributed by atoms with Gasteiger partial charge < -0.3 is 10.1 Å². The highest BCUT2D eigenvalue weighted by Crippen LogP contribution is 2.29. The Morgan fingerprint density at radius 2 is 2.21 bits per heavy atom. The van der Waals surface area contributed by atoms with Crippen molar-refractivity contribution >= 4 is 23.2 Å². The van der Waals surface area contributed by atoms with E-state index in [2.05, 4.69) is 19.2 Å². The zero-order valence-electron chi connectivity index (χ0n) is 11.5. The van der Waals surface area contributed by atoms with Crippen molar-refractivity contribution < 1.29 is 4.74 Å². The smallest absolute Gasteiger partial charge is 0.0590 e. The van der Waals surface area contributed by atoms with Gasteiger partial charge in [-0.3, -0.25) is 0 Å². The van der Waals surface area contributed by atoms with Crippen LogP contribution in [0, 0.1) is 5.92 Å². The number of rotatable bonds is 5. The average molecular weight is 302 g/mol. The Hall–Kier alpha value is -0.280. The molecule has 3 atom stereocenters. The van der Waals surface area contributed by atoms with Gasteiger partial charge in [0.2, 0.25) is 0 Å². The Morgan fingerprint density at radius 3 is 2.84 bits per heavy atom. The van der Waals surface area contributed by atoms with Gasteiger partial charge in [0.15, 0.2) is 0 Å². The topological polar surface area (TPSA) is 21.3 Å². The van der Waals surface area contributed by atoms with Crippen LogP contribution in [0.5, 0.6) is 0 Å². The van der Waals surface area contributed by atoms with E-state index in [9.17, 15) is 0 Å². The van der Waals surface area contributed by atoms with Crippen LogP contribution in [-0.2, 0) is 11.2 Å². The quantitative estimate of drug-likeness (QED) is 0.889. The third-order valence-electron chi connectivity index (χ3n) is 3.87. The maximum absolute atomic E-state index is 6.27. The molecule has 3 unspecified atom stereocenters. The van der Waals surface area contributed by atoms with E-state index in [4.69, 9.17) is 27.9 Å². The molecule has 1 N–H and O–H groups in total. The average Bonchev–Trinajstić information content (AvgIpc) is 2.79. The predicted octanol–water partition coefficient (Wildman–Crippen LogP) is 3.94. The zero-order valence-corrected chi connectivity index (χ0v) is 13.0. The van der Waals surface area contributed by atoms with Crippen LogP contribution in [-0.4, -0.2) is 25.3 Å². The minimum Gasteiger partial charge on any atom is -0.378 e. The molecule has 1 aromatic rings. The van der Waals surface area contributed by atoms with Gasteiger partial charge in [-0.2, -0.15) is 0 Å². The number of ether oxygens (including phenoxy) is 1. The van der Waals surface area contributed by atoms with Gasteiger partial charge in [0.1, 0.15) is 0 Å². The number of halogens is 2. The van der Waals surface area contributed by atoms with Gasteiger partial charge in [-0.1, -0.05) is 30.1 Å². The second-order valence-corrected chi connectivity index (χ2v) is 5.98. The fourth-order valence-corrected chi connectivity index (χ4v) is 3.24. The largest absolute Gasteiger partial charge is 0.378 e. The molecule has 1 aliphatic rings. The Morgan fingerprint density at radius 1 is 1.42 bits per heavy atom. The summed E-state index contributed by atoms with van der Waals surface area (Å²) in [5.74, 6) is 0.537. The number of likely N-dealkylation sites (N-methyl/N-ethyl adjacent to an activating group) is 1. The van der Waals surface area contributed by atoms with Crippen LogP contribution in [0.4, 0.5) is 0 Å². The minimum atomic E-state index is 0.307. The second kappa shape index (κ2) is 6.94. The summed E-state index contributed by atoms with van der Waals surface area (Å²) in [5, 5.41) is 5.10. The Balaban J connectivity index is 2.13. The van der Waals surface area contributed by atoms with Crippen LogP contribution in [0.3, 0.4) is 0 Å². The monoisotopic (exact) mass is 301 g/mol. The molecule has 0 aliphatic carbocycles. The molecule has 0 spiro atoms. The molecule has 1 aromatic carbocycles. The lowest BCUT2D eigenvalue weighted by atomic mass is 9.89. The molecule has 0 radical (unpaired) electrons. The number of hydrogen-bond donors (Lipinski definition) is 1. The standard InChI is InChI=1S/C15H21Cl2NO/c1-3-18-15(13-6-7-19-10(13)2)9-11-8-12(16)4-5-14(11)17/h4-5,8,10,13,15,18H,3,6-7,9H2,1-2H3. The van der Waals surface area contributed by atoms with Gasteiger partial charge in [-0.05, 0) is 50.1 Å². The van der Waals surface area contributed by atoms with Gasteiger partial charge in [-0.15, -0.1) is 0 Å². The highest BCUT2D eigenvalue weighted by molar-refractivity contribution is 6.33. The molecule has 1 aliphatic heterocycles. The van der Waals surface area contributed by atoms with Crippen molar-refractivity contribution in [2.45, 2.75) is 38.8 Å². The lowest BCUT2D eigenvalue weighted by molar-refractivity contribution is 0.0956. The molecule has 0 bridgehead atoms. The Bertz CT molecular complexity index is 425. The lowest BCUT2D eigenvalue weighted by Gasteiger charge is -2.27. The van der Waals surface area contributed by atoms with Crippen LogP contribution >= 0.6 is 23.2 Å². The molecule has 1 heterocycles. The Kier molecular flexibility index (Phi) is 5.52. The highest BCUT2D eigenvalue weighted by Gasteiger charge is 2.31. The molecular formula is C15H21Cl2NO. The highest BCUT2D eigenvalue weighted by atomic mass is 35.5. The van der Waals surface area contributed by atoms with Crippen LogP contribution in [0.2, 0.25) is 10.0 Å². The van der Waals surface area contributed by atoms with Crippen molar-refractivity contribution in [3.63, 3.8) is 0 Å². The first-order valence-electron chi connectivity index (χ1n) is 6.90. The van der Waals surface area contributed by atoms with Crippen molar-refractivity contribution in [3.05, 3.63) is 33.8 Å². The number of benzene rings is 1. The van der Waals surface area contributed by atoms with Crippen molar-refractivity contribution in [3.8, 4) is 0 Å². The summed E-state index contributed by atoms with van der Waals surface area (Å²) in [6.07, 6.45) is 2.31. The first kappa shape index (κ1) is 15.1. The molecule has 1 fully saturated rings.